The van der Waals surface area contributed by atoms with Crippen LogP contribution in [0.5, 0.6) is 0 Å². The molecule has 0 aromatic carbocycles. The van der Waals surface area contributed by atoms with Crippen molar-refractivity contribution < 1.29 is 5.11 Å². The fraction of sp³-hybridized carbons (Fsp3) is 0.235. The van der Waals surface area contributed by atoms with Gasteiger partial charge in [-0.15, -0.1) is 0 Å². The molecular formula is C17H21N5O. The van der Waals surface area contributed by atoms with Crippen LogP contribution in [-0.4, -0.2) is 24.9 Å². The molecule has 3 N–H and O–H groups in total. The first-order chi connectivity index (χ1) is 11.1. The number of pyridine rings is 2. The van der Waals surface area contributed by atoms with E-state index in [0.29, 0.717) is 5.69 Å². The lowest BCUT2D eigenvalue weighted by atomic mass is 10.1. The van der Waals surface area contributed by atoms with Crippen LogP contribution < -0.4 is 5.73 Å². The highest BCUT2D eigenvalue weighted by Crippen LogP contribution is 2.16. The molecule has 0 spiro atoms. The number of anilines is 1. The Morgan fingerprint density at radius 2 is 1.48 bits per heavy atom. The molecule has 6 nitrogen and oxygen atoms in total. The number of nitrogens with zero attached hydrogens (tertiary/aromatic N) is 4. The number of hydrogen-bond acceptors (Lipinski definition) is 5. The number of aliphatic hydroxyl groups is 1. The van der Waals surface area contributed by atoms with Crippen LogP contribution in [0.15, 0.2) is 61.4 Å². The van der Waals surface area contributed by atoms with E-state index in [-0.39, 0.29) is 12.1 Å². The first kappa shape index (κ1) is 16.6. The predicted molar refractivity (Wildman–Crippen MR) is 89.6 cm³/mol. The molecule has 2 atom stereocenters. The van der Waals surface area contributed by atoms with Gasteiger partial charge in [-0.3, -0.25) is 14.6 Å². The minimum Gasteiger partial charge on any atom is -0.396 e. The Hall–Kier alpha value is -2.73. The first-order valence-corrected chi connectivity index (χ1v) is 7.35. The third-order valence-electron chi connectivity index (χ3n) is 3.40. The van der Waals surface area contributed by atoms with E-state index in [1.165, 1.54) is 5.56 Å². The van der Waals surface area contributed by atoms with Crippen LogP contribution in [0.3, 0.4) is 0 Å². The Kier molecular flexibility index (Phi) is 5.82. The van der Waals surface area contributed by atoms with Gasteiger partial charge in [-0.1, -0.05) is 0 Å². The third kappa shape index (κ3) is 4.89. The normalized spacial score (nSPS) is 12.8. The quantitative estimate of drug-likeness (QED) is 0.776. The van der Waals surface area contributed by atoms with Crippen molar-refractivity contribution in [2.45, 2.75) is 26.0 Å². The Bertz CT molecular complexity index is 697. The SMILES string of the molecule is CC(O)c1ccncc1.CC(c1ccncc1)n1cc(N)cn1. The van der Waals surface area contributed by atoms with Gasteiger partial charge < -0.3 is 10.8 Å². The van der Waals surface area contributed by atoms with E-state index in [1.807, 2.05) is 23.0 Å². The van der Waals surface area contributed by atoms with Crippen molar-refractivity contribution in [2.24, 2.45) is 0 Å². The minimum absolute atomic E-state index is 0.190. The summed E-state index contributed by atoms with van der Waals surface area (Å²) >= 11 is 0. The van der Waals surface area contributed by atoms with Crippen molar-refractivity contribution in [2.75, 3.05) is 5.73 Å². The second kappa shape index (κ2) is 8.05. The molecule has 0 aliphatic carbocycles. The summed E-state index contributed by atoms with van der Waals surface area (Å²) < 4.78 is 1.84. The van der Waals surface area contributed by atoms with Gasteiger partial charge in [-0.05, 0) is 49.2 Å². The lowest BCUT2D eigenvalue weighted by Gasteiger charge is -2.11. The molecule has 3 aromatic rings. The molecule has 0 radical (unpaired) electrons. The van der Waals surface area contributed by atoms with Gasteiger partial charge >= 0.3 is 0 Å². The van der Waals surface area contributed by atoms with Crippen molar-refractivity contribution in [3.63, 3.8) is 0 Å². The zero-order valence-corrected chi connectivity index (χ0v) is 13.2. The molecule has 0 bridgehead atoms. The van der Waals surface area contributed by atoms with Crippen molar-refractivity contribution in [1.82, 2.24) is 19.7 Å². The van der Waals surface area contributed by atoms with Crippen LogP contribution in [0.25, 0.3) is 0 Å². The highest BCUT2D eigenvalue weighted by atomic mass is 16.3. The monoisotopic (exact) mass is 311 g/mol. The van der Waals surface area contributed by atoms with Gasteiger partial charge in [0.05, 0.1) is 24.0 Å². The maximum atomic E-state index is 9.00. The van der Waals surface area contributed by atoms with E-state index in [9.17, 15) is 0 Å². The molecule has 0 amide bonds. The number of nitrogens with two attached hydrogens (primary N) is 1. The molecule has 0 fully saturated rings. The number of aliphatic hydroxyl groups excluding tert-OH is 1. The van der Waals surface area contributed by atoms with Crippen molar-refractivity contribution in [1.29, 1.82) is 0 Å². The predicted octanol–water partition coefficient (Wildman–Crippen LogP) is 2.60. The average Bonchev–Trinajstić information content (AvgIpc) is 3.03. The Morgan fingerprint density at radius 3 is 1.87 bits per heavy atom. The van der Waals surface area contributed by atoms with Crippen LogP contribution in [0.1, 0.15) is 37.1 Å². The summed E-state index contributed by atoms with van der Waals surface area (Å²) in [6.07, 6.45) is 9.98. The summed E-state index contributed by atoms with van der Waals surface area (Å²) in [6, 6.07) is 7.73. The number of nitrogen functional groups attached to an aromatic ring is 1. The van der Waals surface area contributed by atoms with Gasteiger partial charge in [0, 0.05) is 31.0 Å². The fourth-order valence-corrected chi connectivity index (χ4v) is 2.00. The van der Waals surface area contributed by atoms with Gasteiger partial charge in [0.1, 0.15) is 0 Å². The Balaban J connectivity index is 0.000000185. The van der Waals surface area contributed by atoms with Crippen molar-refractivity contribution >= 4 is 5.69 Å². The molecule has 23 heavy (non-hydrogen) atoms. The zero-order chi connectivity index (χ0) is 16.7. The maximum absolute atomic E-state index is 9.00. The molecule has 2 unspecified atom stereocenters. The molecule has 120 valence electrons. The van der Waals surface area contributed by atoms with E-state index in [2.05, 4.69) is 22.0 Å². The van der Waals surface area contributed by atoms with Gasteiger partial charge in [0.15, 0.2) is 0 Å². The highest BCUT2D eigenvalue weighted by Gasteiger charge is 2.07. The van der Waals surface area contributed by atoms with E-state index in [1.54, 1.807) is 50.0 Å². The molecule has 3 aromatic heterocycles. The fourth-order valence-electron chi connectivity index (χ4n) is 2.00. The topological polar surface area (TPSA) is 89.9 Å². The van der Waals surface area contributed by atoms with Crippen molar-refractivity contribution in [3.8, 4) is 0 Å². The molecule has 3 rings (SSSR count). The average molecular weight is 311 g/mol. The van der Waals surface area contributed by atoms with Crippen LogP contribution in [0.4, 0.5) is 5.69 Å². The lowest BCUT2D eigenvalue weighted by Crippen LogP contribution is -2.06. The second-order valence-corrected chi connectivity index (χ2v) is 5.17. The molecule has 3 heterocycles. The molecule has 0 saturated heterocycles. The van der Waals surface area contributed by atoms with Crippen LogP contribution in [-0.2, 0) is 0 Å². The van der Waals surface area contributed by atoms with Gasteiger partial charge in [-0.25, -0.2) is 0 Å². The molecular weight excluding hydrogens is 290 g/mol. The van der Waals surface area contributed by atoms with Crippen LogP contribution in [0.2, 0.25) is 0 Å². The second-order valence-electron chi connectivity index (χ2n) is 5.17. The van der Waals surface area contributed by atoms with Gasteiger partial charge in [-0.2, -0.15) is 5.10 Å². The summed E-state index contributed by atoms with van der Waals surface area (Å²) in [5, 5.41) is 13.2. The van der Waals surface area contributed by atoms with E-state index < -0.39 is 0 Å². The van der Waals surface area contributed by atoms with Gasteiger partial charge in [0.2, 0.25) is 0 Å². The summed E-state index contributed by atoms with van der Waals surface area (Å²) in [5.74, 6) is 0. The molecule has 0 aliphatic heterocycles. The van der Waals surface area contributed by atoms with Crippen LogP contribution >= 0.6 is 0 Å². The number of hydrogen-bond donors (Lipinski definition) is 2. The Morgan fingerprint density at radius 1 is 0.957 bits per heavy atom. The summed E-state index contributed by atoms with van der Waals surface area (Å²) in [5.41, 5.74) is 8.36. The maximum Gasteiger partial charge on any atom is 0.0763 e. The number of aromatic nitrogens is 4. The highest BCUT2D eigenvalue weighted by molar-refractivity contribution is 5.31. The zero-order valence-electron chi connectivity index (χ0n) is 13.2. The first-order valence-electron chi connectivity index (χ1n) is 7.35. The molecule has 0 aliphatic rings. The largest absolute Gasteiger partial charge is 0.396 e. The van der Waals surface area contributed by atoms with E-state index in [0.717, 1.165) is 5.56 Å². The lowest BCUT2D eigenvalue weighted by molar-refractivity contribution is 0.199. The molecule has 6 heteroatoms. The summed E-state index contributed by atoms with van der Waals surface area (Å²) in [7, 11) is 0. The standard InChI is InChI=1S/C10H12N4.C7H9NO/c1-8(9-2-4-12-5-3-9)14-7-10(11)6-13-14;1-6(9)7-2-4-8-5-3-7/h2-8H,11H2,1H3;2-6,9H,1H3. The van der Waals surface area contributed by atoms with Crippen LogP contribution in [0, 0.1) is 0 Å². The minimum atomic E-state index is -0.381. The smallest absolute Gasteiger partial charge is 0.0763 e. The van der Waals surface area contributed by atoms with Gasteiger partial charge in [0.25, 0.3) is 0 Å². The van der Waals surface area contributed by atoms with E-state index in [4.69, 9.17) is 10.8 Å². The Labute approximate surface area is 135 Å². The van der Waals surface area contributed by atoms with E-state index >= 15 is 0 Å². The summed E-state index contributed by atoms with van der Waals surface area (Å²) in [6.45, 7) is 3.80. The summed E-state index contributed by atoms with van der Waals surface area (Å²) in [4.78, 5) is 7.79. The third-order valence-corrected chi connectivity index (χ3v) is 3.40. The molecule has 0 saturated carbocycles. The van der Waals surface area contributed by atoms with Crippen molar-refractivity contribution in [3.05, 3.63) is 72.6 Å². The number of rotatable bonds is 3.